The summed E-state index contributed by atoms with van der Waals surface area (Å²) in [6.07, 6.45) is 5.96. The minimum absolute atomic E-state index is 0.306. The van der Waals surface area contributed by atoms with Gasteiger partial charge in [-0.05, 0) is 96.0 Å². The van der Waals surface area contributed by atoms with E-state index in [4.69, 9.17) is 5.73 Å². The predicted molar refractivity (Wildman–Crippen MR) is 97.5 cm³/mol. The van der Waals surface area contributed by atoms with E-state index in [1.165, 1.54) is 51.5 Å². The second kappa shape index (κ2) is 6.09. The third kappa shape index (κ3) is 3.49. The Bertz CT molecular complexity index is 629. The van der Waals surface area contributed by atoms with Crippen LogP contribution in [0.15, 0.2) is 42.5 Å². The Hall–Kier alpha value is -0.870. The molecule has 1 nitrogen and oxygen atoms in total. The number of rotatable bonds is 3. The van der Waals surface area contributed by atoms with Crippen LogP contribution >= 0.6 is 22.6 Å². The van der Waals surface area contributed by atoms with Crippen LogP contribution in [0, 0.1) is 3.57 Å². The van der Waals surface area contributed by atoms with Gasteiger partial charge < -0.3 is 5.73 Å². The standard InChI is InChI=1S/C19H22IN/c1-19(21,13-14-6-10-18(20)11-7-14)17-9-8-15-4-2-3-5-16(15)12-17/h6-12H,2-5,13,21H2,1H3. The Morgan fingerprint density at radius 2 is 1.67 bits per heavy atom. The van der Waals surface area contributed by atoms with Crippen LogP contribution in [0.1, 0.15) is 42.0 Å². The zero-order chi connectivity index (χ0) is 14.9. The van der Waals surface area contributed by atoms with E-state index in [0.717, 1.165) is 6.42 Å². The zero-order valence-electron chi connectivity index (χ0n) is 12.5. The molecule has 0 radical (unpaired) electrons. The highest BCUT2D eigenvalue weighted by atomic mass is 127. The molecule has 2 heteroatoms. The number of nitrogens with two attached hydrogens (primary N) is 1. The number of aryl methyl sites for hydroxylation is 2. The number of halogens is 1. The van der Waals surface area contributed by atoms with Crippen LogP contribution in [0.5, 0.6) is 0 Å². The van der Waals surface area contributed by atoms with Gasteiger partial charge in [-0.25, -0.2) is 0 Å². The molecule has 2 N–H and O–H groups in total. The summed E-state index contributed by atoms with van der Waals surface area (Å²) in [5.41, 5.74) is 11.9. The lowest BCUT2D eigenvalue weighted by Gasteiger charge is -2.28. The summed E-state index contributed by atoms with van der Waals surface area (Å²) < 4.78 is 1.27. The van der Waals surface area contributed by atoms with E-state index >= 15 is 0 Å². The van der Waals surface area contributed by atoms with Crippen LogP contribution < -0.4 is 5.73 Å². The highest BCUT2D eigenvalue weighted by Gasteiger charge is 2.23. The lowest BCUT2D eigenvalue weighted by molar-refractivity contribution is 0.490. The van der Waals surface area contributed by atoms with Crippen molar-refractivity contribution in [2.24, 2.45) is 5.73 Å². The van der Waals surface area contributed by atoms with Gasteiger partial charge in [0.1, 0.15) is 0 Å². The lowest BCUT2D eigenvalue weighted by atomic mass is 9.82. The average molecular weight is 391 g/mol. The van der Waals surface area contributed by atoms with Crippen LogP contribution in [0.2, 0.25) is 0 Å². The fourth-order valence-corrected chi connectivity index (χ4v) is 3.58. The summed E-state index contributed by atoms with van der Waals surface area (Å²) in [7, 11) is 0. The van der Waals surface area contributed by atoms with Crippen molar-refractivity contribution in [1.29, 1.82) is 0 Å². The van der Waals surface area contributed by atoms with Gasteiger partial charge in [0.25, 0.3) is 0 Å². The Balaban J connectivity index is 1.85. The summed E-state index contributed by atoms with van der Waals surface area (Å²) in [5.74, 6) is 0. The van der Waals surface area contributed by atoms with Crippen molar-refractivity contribution in [2.75, 3.05) is 0 Å². The molecule has 0 bridgehead atoms. The van der Waals surface area contributed by atoms with Crippen molar-refractivity contribution in [3.8, 4) is 0 Å². The van der Waals surface area contributed by atoms with Gasteiger partial charge in [0, 0.05) is 9.11 Å². The molecule has 0 amide bonds. The molecule has 1 unspecified atom stereocenters. The van der Waals surface area contributed by atoms with E-state index in [1.54, 1.807) is 0 Å². The molecule has 0 saturated heterocycles. The molecule has 2 aromatic carbocycles. The maximum atomic E-state index is 6.64. The van der Waals surface area contributed by atoms with Gasteiger partial charge in [-0.1, -0.05) is 30.3 Å². The molecule has 21 heavy (non-hydrogen) atoms. The predicted octanol–water partition coefficient (Wildman–Crippen LogP) is 4.59. The van der Waals surface area contributed by atoms with Crippen molar-refractivity contribution in [3.05, 3.63) is 68.3 Å². The van der Waals surface area contributed by atoms with E-state index in [1.807, 2.05) is 0 Å². The molecule has 0 fully saturated rings. The van der Waals surface area contributed by atoms with E-state index in [-0.39, 0.29) is 5.54 Å². The molecule has 2 aromatic rings. The maximum Gasteiger partial charge on any atom is 0.0421 e. The van der Waals surface area contributed by atoms with Gasteiger partial charge in [0.15, 0.2) is 0 Å². The quantitative estimate of drug-likeness (QED) is 0.762. The largest absolute Gasteiger partial charge is 0.321 e. The molecule has 0 saturated carbocycles. The van der Waals surface area contributed by atoms with E-state index in [2.05, 4.69) is 72.0 Å². The summed E-state index contributed by atoms with van der Waals surface area (Å²) >= 11 is 2.34. The van der Waals surface area contributed by atoms with Crippen LogP contribution in [0.25, 0.3) is 0 Å². The fraction of sp³-hybridized carbons (Fsp3) is 0.368. The topological polar surface area (TPSA) is 26.0 Å². The Kier molecular flexibility index (Phi) is 4.36. The molecule has 0 aromatic heterocycles. The van der Waals surface area contributed by atoms with Crippen LogP contribution in [0.4, 0.5) is 0 Å². The molecule has 3 rings (SSSR count). The number of benzene rings is 2. The second-order valence-corrected chi connectivity index (χ2v) is 7.66. The van der Waals surface area contributed by atoms with Gasteiger partial charge in [0.05, 0.1) is 0 Å². The Labute approximate surface area is 141 Å². The Morgan fingerprint density at radius 3 is 2.38 bits per heavy atom. The normalized spacial score (nSPS) is 17.1. The highest BCUT2D eigenvalue weighted by molar-refractivity contribution is 14.1. The molecule has 1 aliphatic rings. The highest BCUT2D eigenvalue weighted by Crippen LogP contribution is 2.28. The summed E-state index contributed by atoms with van der Waals surface area (Å²) in [4.78, 5) is 0. The Morgan fingerprint density at radius 1 is 1.00 bits per heavy atom. The van der Waals surface area contributed by atoms with E-state index in [0.29, 0.717) is 0 Å². The SMILES string of the molecule is CC(N)(Cc1ccc(I)cc1)c1ccc2c(c1)CCCC2. The second-order valence-electron chi connectivity index (χ2n) is 6.41. The summed E-state index contributed by atoms with van der Waals surface area (Å²) in [6, 6.07) is 15.6. The molecule has 110 valence electrons. The fourth-order valence-electron chi connectivity index (χ4n) is 3.22. The third-order valence-corrected chi connectivity index (χ3v) is 5.21. The molecule has 0 aliphatic heterocycles. The van der Waals surface area contributed by atoms with Crippen molar-refractivity contribution < 1.29 is 0 Å². The van der Waals surface area contributed by atoms with Gasteiger partial charge in [-0.2, -0.15) is 0 Å². The van der Waals surface area contributed by atoms with Gasteiger partial charge >= 0.3 is 0 Å². The van der Waals surface area contributed by atoms with Gasteiger partial charge in [-0.15, -0.1) is 0 Å². The van der Waals surface area contributed by atoms with Gasteiger partial charge in [-0.3, -0.25) is 0 Å². The first-order valence-electron chi connectivity index (χ1n) is 7.70. The molecule has 0 spiro atoms. The zero-order valence-corrected chi connectivity index (χ0v) is 14.7. The molecule has 1 atom stereocenters. The first kappa shape index (κ1) is 15.0. The number of hydrogen-bond acceptors (Lipinski definition) is 1. The molecule has 0 heterocycles. The molecular weight excluding hydrogens is 369 g/mol. The average Bonchev–Trinajstić information content (AvgIpc) is 2.49. The minimum atomic E-state index is -0.306. The van der Waals surface area contributed by atoms with Crippen molar-refractivity contribution in [2.45, 2.75) is 44.6 Å². The number of hydrogen-bond donors (Lipinski definition) is 1. The van der Waals surface area contributed by atoms with Crippen molar-refractivity contribution >= 4 is 22.6 Å². The van der Waals surface area contributed by atoms with Crippen molar-refractivity contribution in [3.63, 3.8) is 0 Å². The smallest absolute Gasteiger partial charge is 0.0421 e. The van der Waals surface area contributed by atoms with Crippen LogP contribution in [-0.4, -0.2) is 0 Å². The third-order valence-electron chi connectivity index (χ3n) is 4.49. The monoisotopic (exact) mass is 391 g/mol. The molecule has 1 aliphatic carbocycles. The maximum absolute atomic E-state index is 6.64. The first-order chi connectivity index (χ1) is 10.0. The van der Waals surface area contributed by atoms with Crippen LogP contribution in [0.3, 0.4) is 0 Å². The lowest BCUT2D eigenvalue weighted by Crippen LogP contribution is -2.35. The summed E-state index contributed by atoms with van der Waals surface area (Å²) in [5, 5.41) is 0. The van der Waals surface area contributed by atoms with E-state index < -0.39 is 0 Å². The number of fused-ring (bicyclic) bond motifs is 1. The van der Waals surface area contributed by atoms with Crippen molar-refractivity contribution in [1.82, 2.24) is 0 Å². The minimum Gasteiger partial charge on any atom is -0.321 e. The first-order valence-corrected chi connectivity index (χ1v) is 8.78. The molecular formula is C19H22IN. The summed E-state index contributed by atoms with van der Waals surface area (Å²) in [6.45, 7) is 2.15. The van der Waals surface area contributed by atoms with E-state index in [9.17, 15) is 0 Å². The van der Waals surface area contributed by atoms with Gasteiger partial charge in [0.2, 0.25) is 0 Å². The van der Waals surface area contributed by atoms with Crippen LogP contribution in [-0.2, 0) is 24.8 Å².